The monoisotopic (exact) mass is 316 g/mol. The van der Waals surface area contributed by atoms with E-state index in [2.05, 4.69) is 12.2 Å². The summed E-state index contributed by atoms with van der Waals surface area (Å²) >= 11 is 0. The zero-order chi connectivity index (χ0) is 16.2. The smallest absolute Gasteiger partial charge is 0.253 e. The first-order valence-electron chi connectivity index (χ1n) is 8.14. The van der Waals surface area contributed by atoms with Crippen molar-refractivity contribution in [2.24, 2.45) is 5.92 Å². The van der Waals surface area contributed by atoms with Crippen LogP contribution in [0.4, 0.5) is 4.39 Å². The summed E-state index contributed by atoms with van der Waals surface area (Å²) in [7, 11) is 0. The highest BCUT2D eigenvalue weighted by Crippen LogP contribution is 2.21. The second kappa shape index (κ2) is 6.94. The van der Waals surface area contributed by atoms with E-state index in [-0.39, 0.29) is 23.5 Å². The van der Waals surface area contributed by atoms with Gasteiger partial charge in [0.25, 0.3) is 5.91 Å². The lowest BCUT2D eigenvalue weighted by molar-refractivity contribution is -0.137. The topological polar surface area (TPSA) is 40.6 Å². The van der Waals surface area contributed by atoms with Crippen molar-refractivity contribution in [1.82, 2.24) is 9.80 Å². The van der Waals surface area contributed by atoms with E-state index < -0.39 is 0 Å². The molecule has 1 aliphatic heterocycles. The Bertz CT molecular complexity index is 604. The average Bonchev–Trinajstić information content (AvgIpc) is 2.62. The molecule has 0 bridgehead atoms. The van der Waals surface area contributed by atoms with Crippen LogP contribution < -0.4 is 0 Å². The summed E-state index contributed by atoms with van der Waals surface area (Å²) < 4.78 is 12.9. The maximum absolute atomic E-state index is 12.9. The summed E-state index contributed by atoms with van der Waals surface area (Å²) in [5.74, 6) is -0.140. The molecule has 0 saturated carbocycles. The van der Waals surface area contributed by atoms with Crippen LogP contribution in [0.3, 0.4) is 0 Å². The van der Waals surface area contributed by atoms with Gasteiger partial charge in [0, 0.05) is 37.7 Å². The molecule has 0 aromatic heterocycles. The molecule has 0 N–H and O–H groups in total. The van der Waals surface area contributed by atoms with Gasteiger partial charge in [-0.1, -0.05) is 12.2 Å². The number of allylic oxidation sites excluding steroid dienone is 2. The lowest BCUT2D eigenvalue weighted by atomic mass is 9.93. The molecule has 23 heavy (non-hydrogen) atoms. The van der Waals surface area contributed by atoms with Gasteiger partial charge in [-0.25, -0.2) is 4.39 Å². The highest BCUT2D eigenvalue weighted by Gasteiger charge is 2.29. The minimum atomic E-state index is -0.349. The van der Waals surface area contributed by atoms with Gasteiger partial charge in [0.15, 0.2) is 0 Å². The summed E-state index contributed by atoms with van der Waals surface area (Å²) in [5, 5.41) is 0. The summed E-state index contributed by atoms with van der Waals surface area (Å²) in [4.78, 5) is 28.5. The van der Waals surface area contributed by atoms with Crippen LogP contribution in [0.5, 0.6) is 0 Å². The van der Waals surface area contributed by atoms with E-state index in [1.165, 1.54) is 24.3 Å². The third-order valence-corrected chi connectivity index (χ3v) is 4.59. The molecule has 1 fully saturated rings. The fourth-order valence-corrected chi connectivity index (χ4v) is 3.18. The molecule has 2 aliphatic rings. The van der Waals surface area contributed by atoms with Gasteiger partial charge in [0.05, 0.1) is 0 Å². The van der Waals surface area contributed by atoms with Crippen LogP contribution in [0.2, 0.25) is 0 Å². The summed E-state index contributed by atoms with van der Waals surface area (Å²) in [6, 6.07) is 5.60. The molecule has 2 amide bonds. The maximum atomic E-state index is 12.9. The Kier molecular flexibility index (Phi) is 4.74. The van der Waals surface area contributed by atoms with Crippen molar-refractivity contribution in [3.8, 4) is 0 Å². The molecular weight excluding hydrogens is 295 g/mol. The van der Waals surface area contributed by atoms with E-state index in [0.717, 1.165) is 19.3 Å². The van der Waals surface area contributed by atoms with Crippen molar-refractivity contribution < 1.29 is 14.0 Å². The third kappa shape index (κ3) is 3.60. The molecule has 3 rings (SSSR count). The number of amides is 2. The Morgan fingerprint density at radius 2 is 1.61 bits per heavy atom. The van der Waals surface area contributed by atoms with Crippen LogP contribution in [-0.4, -0.2) is 47.8 Å². The molecule has 1 aromatic carbocycles. The van der Waals surface area contributed by atoms with Gasteiger partial charge in [-0.15, -0.1) is 0 Å². The standard InChI is InChI=1S/C18H21FN2O2/c19-16-8-6-15(7-9-16)18(23)21-12-10-20(11-13-21)17(22)14-4-2-1-3-5-14/h1-2,6-9,14H,3-5,10-13H2. The molecule has 1 aliphatic carbocycles. The van der Waals surface area contributed by atoms with Crippen molar-refractivity contribution >= 4 is 11.8 Å². The van der Waals surface area contributed by atoms with E-state index in [1.807, 2.05) is 4.90 Å². The van der Waals surface area contributed by atoms with E-state index >= 15 is 0 Å². The van der Waals surface area contributed by atoms with Gasteiger partial charge in [0.1, 0.15) is 5.82 Å². The van der Waals surface area contributed by atoms with Crippen molar-refractivity contribution in [2.75, 3.05) is 26.2 Å². The average molecular weight is 316 g/mol. The number of hydrogen-bond donors (Lipinski definition) is 0. The predicted molar refractivity (Wildman–Crippen MR) is 85.4 cm³/mol. The summed E-state index contributed by atoms with van der Waals surface area (Å²) in [6.07, 6.45) is 6.93. The van der Waals surface area contributed by atoms with E-state index in [0.29, 0.717) is 31.7 Å². The molecule has 122 valence electrons. The normalized spacial score (nSPS) is 21.3. The second-order valence-electron chi connectivity index (χ2n) is 6.11. The van der Waals surface area contributed by atoms with Crippen molar-refractivity contribution in [2.45, 2.75) is 19.3 Å². The van der Waals surface area contributed by atoms with Crippen LogP contribution in [-0.2, 0) is 4.79 Å². The summed E-state index contributed by atoms with van der Waals surface area (Å²) in [5.41, 5.74) is 0.489. The second-order valence-corrected chi connectivity index (χ2v) is 6.11. The molecule has 1 saturated heterocycles. The van der Waals surface area contributed by atoms with Crippen molar-refractivity contribution in [3.05, 3.63) is 47.8 Å². The molecule has 4 nitrogen and oxygen atoms in total. The number of piperazine rings is 1. The summed E-state index contributed by atoms with van der Waals surface area (Å²) in [6.45, 7) is 2.22. The fraction of sp³-hybridized carbons (Fsp3) is 0.444. The highest BCUT2D eigenvalue weighted by atomic mass is 19.1. The van der Waals surface area contributed by atoms with Gasteiger partial charge in [-0.3, -0.25) is 9.59 Å². The van der Waals surface area contributed by atoms with Gasteiger partial charge in [0.2, 0.25) is 5.91 Å². The quantitative estimate of drug-likeness (QED) is 0.787. The highest BCUT2D eigenvalue weighted by molar-refractivity contribution is 5.94. The zero-order valence-corrected chi connectivity index (χ0v) is 13.1. The third-order valence-electron chi connectivity index (χ3n) is 4.59. The van der Waals surface area contributed by atoms with Crippen molar-refractivity contribution in [3.63, 3.8) is 0 Å². The van der Waals surface area contributed by atoms with E-state index in [9.17, 15) is 14.0 Å². The number of carbonyl (C=O) groups is 2. The van der Waals surface area contributed by atoms with E-state index in [1.54, 1.807) is 4.90 Å². The minimum Gasteiger partial charge on any atom is -0.339 e. The van der Waals surface area contributed by atoms with Crippen LogP contribution in [0.1, 0.15) is 29.6 Å². The number of hydrogen-bond acceptors (Lipinski definition) is 2. The minimum absolute atomic E-state index is 0.0966. The van der Waals surface area contributed by atoms with Gasteiger partial charge < -0.3 is 9.80 Å². The largest absolute Gasteiger partial charge is 0.339 e. The Hall–Kier alpha value is -2.17. The van der Waals surface area contributed by atoms with Crippen LogP contribution in [0, 0.1) is 11.7 Å². The van der Waals surface area contributed by atoms with Crippen LogP contribution in [0.15, 0.2) is 36.4 Å². The fourth-order valence-electron chi connectivity index (χ4n) is 3.18. The molecule has 1 heterocycles. The number of nitrogens with zero attached hydrogens (tertiary/aromatic N) is 2. The van der Waals surface area contributed by atoms with Gasteiger partial charge in [-0.05, 0) is 43.5 Å². The van der Waals surface area contributed by atoms with Crippen LogP contribution in [0.25, 0.3) is 0 Å². The SMILES string of the molecule is O=C(c1ccc(F)cc1)N1CCN(C(=O)C2CC=CCC2)CC1. The van der Waals surface area contributed by atoms with E-state index in [4.69, 9.17) is 0 Å². The number of carbonyl (C=O) groups excluding carboxylic acids is 2. The molecule has 0 spiro atoms. The van der Waals surface area contributed by atoms with Crippen molar-refractivity contribution in [1.29, 1.82) is 0 Å². The molecule has 0 radical (unpaired) electrons. The first kappa shape index (κ1) is 15.7. The first-order valence-corrected chi connectivity index (χ1v) is 8.14. The predicted octanol–water partition coefficient (Wildman–Crippen LogP) is 2.47. The number of benzene rings is 1. The lowest BCUT2D eigenvalue weighted by Crippen LogP contribution is -2.52. The molecule has 5 heteroatoms. The zero-order valence-electron chi connectivity index (χ0n) is 13.1. The molecule has 1 atom stereocenters. The van der Waals surface area contributed by atoms with Crippen LogP contribution >= 0.6 is 0 Å². The maximum Gasteiger partial charge on any atom is 0.253 e. The Balaban J connectivity index is 1.55. The van der Waals surface area contributed by atoms with Gasteiger partial charge >= 0.3 is 0 Å². The molecule has 1 unspecified atom stereocenters. The number of halogens is 1. The lowest BCUT2D eigenvalue weighted by Gasteiger charge is -2.36. The Morgan fingerprint density at radius 3 is 2.22 bits per heavy atom. The Morgan fingerprint density at radius 1 is 0.957 bits per heavy atom. The Labute approximate surface area is 135 Å². The number of rotatable bonds is 2. The molecule has 1 aromatic rings. The first-order chi connectivity index (χ1) is 11.1. The van der Waals surface area contributed by atoms with Gasteiger partial charge in [-0.2, -0.15) is 0 Å². The molecular formula is C18H21FN2O2.